The average Bonchev–Trinajstić information content (AvgIpc) is 3.06. The summed E-state index contributed by atoms with van der Waals surface area (Å²) in [6.45, 7) is 4.14. The summed E-state index contributed by atoms with van der Waals surface area (Å²) >= 11 is 0. The number of anilines is 1. The Morgan fingerprint density at radius 2 is 1.64 bits per heavy atom. The standard InChI is InChI=1S/C31H36N2O2.HI/c1-23-8-12-26(13-9-23)27-15-14-25-6-4-7-28(21-29(25)20-27)31(35)32-30-16-10-24(11-17-30)22-33(2,3)18-5-19-34;/h8-17,20-21,34H,4-7,18-19,22H2,1-3H3;1H. The fourth-order valence-corrected chi connectivity index (χ4v) is 4.77. The first-order valence-electron chi connectivity index (χ1n) is 12.6. The second-order valence-electron chi connectivity index (χ2n) is 10.3. The van der Waals surface area contributed by atoms with Gasteiger partial charge < -0.3 is 38.9 Å². The van der Waals surface area contributed by atoms with E-state index >= 15 is 0 Å². The van der Waals surface area contributed by atoms with Crippen molar-refractivity contribution >= 4 is 17.7 Å². The molecule has 0 heterocycles. The predicted octanol–water partition coefficient (Wildman–Crippen LogP) is 2.98. The van der Waals surface area contributed by atoms with Crippen LogP contribution in [0.15, 0.2) is 72.3 Å². The molecule has 0 saturated heterocycles. The summed E-state index contributed by atoms with van der Waals surface area (Å²) in [6.07, 6.45) is 5.59. The highest BCUT2D eigenvalue weighted by Gasteiger charge is 2.17. The van der Waals surface area contributed by atoms with Gasteiger partial charge in [-0.1, -0.05) is 54.1 Å². The Balaban J connectivity index is 0.00000361. The number of quaternary nitrogens is 1. The van der Waals surface area contributed by atoms with Crippen molar-refractivity contribution in [3.05, 3.63) is 94.6 Å². The Labute approximate surface area is 232 Å². The topological polar surface area (TPSA) is 49.3 Å². The summed E-state index contributed by atoms with van der Waals surface area (Å²) < 4.78 is 0.823. The number of carbonyl (C=O) groups is 1. The number of hydrogen-bond donors (Lipinski definition) is 2. The van der Waals surface area contributed by atoms with Gasteiger partial charge in [0.15, 0.2) is 0 Å². The van der Waals surface area contributed by atoms with Crippen LogP contribution in [0.1, 0.15) is 41.5 Å². The molecule has 1 aliphatic carbocycles. The Morgan fingerprint density at radius 3 is 2.33 bits per heavy atom. The maximum absolute atomic E-state index is 13.1. The number of amides is 1. The molecule has 2 N–H and O–H groups in total. The lowest BCUT2D eigenvalue weighted by Gasteiger charge is -2.29. The zero-order valence-electron chi connectivity index (χ0n) is 21.6. The minimum atomic E-state index is -0.0228. The van der Waals surface area contributed by atoms with E-state index < -0.39 is 0 Å². The van der Waals surface area contributed by atoms with Crippen molar-refractivity contribution in [2.45, 2.75) is 39.2 Å². The number of aliphatic hydroxyl groups excluding tert-OH is 1. The molecule has 4 rings (SSSR count). The van der Waals surface area contributed by atoms with Crippen LogP contribution < -0.4 is 29.3 Å². The van der Waals surface area contributed by atoms with Gasteiger partial charge in [-0.15, -0.1) is 0 Å². The second kappa shape index (κ2) is 12.7. The fraction of sp³-hybridized carbons (Fsp3) is 0.323. The van der Waals surface area contributed by atoms with Gasteiger partial charge in [-0.2, -0.15) is 0 Å². The molecule has 0 fully saturated rings. The van der Waals surface area contributed by atoms with E-state index in [1.807, 2.05) is 12.1 Å². The van der Waals surface area contributed by atoms with Gasteiger partial charge >= 0.3 is 0 Å². The molecule has 4 nitrogen and oxygen atoms in total. The number of fused-ring (bicyclic) bond motifs is 1. The van der Waals surface area contributed by atoms with Crippen LogP contribution in [0.3, 0.4) is 0 Å². The third kappa shape index (κ3) is 7.51. The number of aliphatic hydroxyl groups is 1. The zero-order chi connectivity index (χ0) is 24.8. The van der Waals surface area contributed by atoms with Crippen molar-refractivity contribution in [1.82, 2.24) is 0 Å². The molecule has 0 radical (unpaired) electrons. The molecule has 0 aliphatic heterocycles. The maximum atomic E-state index is 13.1. The molecule has 1 amide bonds. The number of benzene rings is 3. The Bertz CT molecular complexity index is 1200. The van der Waals surface area contributed by atoms with E-state index in [9.17, 15) is 4.79 Å². The van der Waals surface area contributed by atoms with Crippen LogP contribution in [0, 0.1) is 6.92 Å². The summed E-state index contributed by atoms with van der Waals surface area (Å²) in [5.74, 6) is -0.0228. The van der Waals surface area contributed by atoms with E-state index in [-0.39, 0.29) is 36.5 Å². The third-order valence-corrected chi connectivity index (χ3v) is 6.79. The number of aryl methyl sites for hydroxylation is 2. The smallest absolute Gasteiger partial charge is 0.251 e. The number of rotatable bonds is 8. The molecule has 0 bridgehead atoms. The Kier molecular flexibility index (Phi) is 9.88. The van der Waals surface area contributed by atoms with E-state index in [2.05, 4.69) is 87.0 Å². The van der Waals surface area contributed by atoms with Gasteiger partial charge in [-0.25, -0.2) is 0 Å². The number of hydrogen-bond acceptors (Lipinski definition) is 2. The summed E-state index contributed by atoms with van der Waals surface area (Å²) in [7, 11) is 4.35. The zero-order valence-corrected chi connectivity index (χ0v) is 23.7. The molecule has 5 heteroatoms. The van der Waals surface area contributed by atoms with E-state index in [0.29, 0.717) is 0 Å². The van der Waals surface area contributed by atoms with E-state index in [0.717, 1.165) is 60.1 Å². The lowest BCUT2D eigenvalue weighted by molar-refractivity contribution is -0.903. The molecule has 3 aromatic rings. The SMILES string of the molecule is Cc1ccc(-c2ccc3c(c2)C=C(C(=O)Nc2ccc(C[N+](C)(C)CCCO)cc2)CCC3)cc1.[I-]. The lowest BCUT2D eigenvalue weighted by Crippen LogP contribution is -3.00. The molecule has 0 unspecified atom stereocenters. The highest BCUT2D eigenvalue weighted by Crippen LogP contribution is 2.29. The number of carbonyl (C=O) groups excluding carboxylic acids is 1. The van der Waals surface area contributed by atoms with Crippen molar-refractivity contribution in [3.8, 4) is 11.1 Å². The second-order valence-corrected chi connectivity index (χ2v) is 10.3. The van der Waals surface area contributed by atoms with Gasteiger partial charge in [-0.3, -0.25) is 4.79 Å². The highest BCUT2D eigenvalue weighted by molar-refractivity contribution is 6.07. The molecular weight excluding hydrogens is 559 g/mol. The highest BCUT2D eigenvalue weighted by atomic mass is 127. The fourth-order valence-electron chi connectivity index (χ4n) is 4.77. The van der Waals surface area contributed by atoms with Crippen molar-refractivity contribution in [1.29, 1.82) is 0 Å². The van der Waals surface area contributed by atoms with E-state index in [1.165, 1.54) is 27.8 Å². The summed E-state index contributed by atoms with van der Waals surface area (Å²) in [5, 5.41) is 12.2. The first-order chi connectivity index (χ1) is 16.8. The van der Waals surface area contributed by atoms with Crippen molar-refractivity contribution in [2.75, 3.05) is 32.6 Å². The minimum Gasteiger partial charge on any atom is -1.00 e. The van der Waals surface area contributed by atoms with Crippen molar-refractivity contribution in [2.24, 2.45) is 0 Å². The monoisotopic (exact) mass is 596 g/mol. The van der Waals surface area contributed by atoms with Gasteiger partial charge in [-0.05, 0) is 72.7 Å². The quantitative estimate of drug-likeness (QED) is 0.311. The van der Waals surface area contributed by atoms with Crippen LogP contribution in [0.5, 0.6) is 0 Å². The first kappa shape index (κ1) is 28.1. The van der Waals surface area contributed by atoms with Gasteiger partial charge in [0, 0.05) is 29.9 Å². The number of nitrogens with one attached hydrogen (secondary N) is 1. The van der Waals surface area contributed by atoms with Gasteiger partial charge in [0.25, 0.3) is 5.91 Å². The maximum Gasteiger partial charge on any atom is 0.251 e. The normalized spacial score (nSPS) is 13.2. The Hall–Kier alpha value is -2.48. The molecule has 0 atom stereocenters. The van der Waals surface area contributed by atoms with Crippen LogP contribution in [0.2, 0.25) is 0 Å². The van der Waals surface area contributed by atoms with Crippen LogP contribution in [-0.2, 0) is 17.8 Å². The number of nitrogens with zero attached hydrogens (tertiary/aromatic N) is 1. The van der Waals surface area contributed by atoms with Crippen molar-refractivity contribution < 1.29 is 38.4 Å². The van der Waals surface area contributed by atoms with Crippen LogP contribution in [0.4, 0.5) is 5.69 Å². The van der Waals surface area contributed by atoms with Gasteiger partial charge in [0.2, 0.25) is 0 Å². The first-order valence-corrected chi connectivity index (χ1v) is 12.6. The van der Waals surface area contributed by atoms with Crippen LogP contribution in [0.25, 0.3) is 17.2 Å². The molecule has 3 aromatic carbocycles. The predicted molar refractivity (Wildman–Crippen MR) is 145 cm³/mol. The minimum absolute atomic E-state index is 0. The number of halogens is 1. The Morgan fingerprint density at radius 1 is 0.944 bits per heavy atom. The molecule has 36 heavy (non-hydrogen) atoms. The molecule has 190 valence electrons. The van der Waals surface area contributed by atoms with Crippen LogP contribution in [-0.4, -0.2) is 42.7 Å². The third-order valence-electron chi connectivity index (χ3n) is 6.79. The molecule has 1 aliphatic rings. The lowest BCUT2D eigenvalue weighted by atomic mass is 9.97. The largest absolute Gasteiger partial charge is 1.00 e. The van der Waals surface area contributed by atoms with Gasteiger partial charge in [0.1, 0.15) is 6.54 Å². The van der Waals surface area contributed by atoms with Gasteiger partial charge in [0.05, 0.1) is 20.6 Å². The van der Waals surface area contributed by atoms with Crippen molar-refractivity contribution in [3.63, 3.8) is 0 Å². The summed E-state index contributed by atoms with van der Waals surface area (Å²) in [6, 6.07) is 23.3. The molecule has 0 aromatic heterocycles. The van der Waals surface area contributed by atoms with E-state index in [1.54, 1.807) is 0 Å². The van der Waals surface area contributed by atoms with E-state index in [4.69, 9.17) is 5.11 Å². The molecule has 0 spiro atoms. The molecular formula is C31H37IN2O2. The summed E-state index contributed by atoms with van der Waals surface area (Å²) in [4.78, 5) is 13.1. The summed E-state index contributed by atoms with van der Waals surface area (Å²) in [5.41, 5.74) is 8.93. The molecule has 0 saturated carbocycles. The average molecular weight is 597 g/mol. The van der Waals surface area contributed by atoms with Crippen LogP contribution >= 0.6 is 0 Å².